The molecule has 1 nitrogen and oxygen atoms in total. The third-order valence-electron chi connectivity index (χ3n) is 0.272. The third-order valence-corrected chi connectivity index (χ3v) is 0.485. The molecule has 41 valence electrons. The van der Waals surface area contributed by atoms with Gasteiger partial charge in [0.15, 0.2) is 0 Å². The molecule has 0 radical (unpaired) electrons. The molecule has 0 aliphatic rings. The van der Waals surface area contributed by atoms with Gasteiger partial charge in [0.25, 0.3) is 0 Å². The van der Waals surface area contributed by atoms with E-state index in [1.165, 1.54) is 0 Å². The predicted molar refractivity (Wildman–Crippen MR) is 16.2 cm³/mol. The average molecular weight is 153 g/mol. The van der Waals surface area contributed by atoms with Crippen LogP contribution in [0, 0.1) is 0 Å². The fourth-order valence-corrected chi connectivity index (χ4v) is 0.281. The monoisotopic (exact) mass is 153 g/mol. The maximum absolute atomic E-state index is 4.38. The Morgan fingerprint density at radius 1 is 1.67 bits per heavy atom. The second kappa shape index (κ2) is 9.23. The van der Waals surface area contributed by atoms with E-state index in [0.717, 1.165) is 13.0 Å². The first-order chi connectivity index (χ1) is 2.41. The van der Waals surface area contributed by atoms with E-state index in [9.17, 15) is 0 Å². The van der Waals surface area contributed by atoms with Gasteiger partial charge in [-0.25, -0.2) is 0 Å². The molecule has 0 spiro atoms. The summed E-state index contributed by atoms with van der Waals surface area (Å²) < 4.78 is 4.38. The molecule has 3 heteroatoms. The fraction of sp³-hybridized carbons (Fsp3) is 1.00. The Balaban J connectivity index is 0. The summed E-state index contributed by atoms with van der Waals surface area (Å²) in [5.74, 6) is 0. The summed E-state index contributed by atoms with van der Waals surface area (Å²) in [5, 5.41) is 0. The molecule has 0 fully saturated rings. The van der Waals surface area contributed by atoms with Crippen LogP contribution >= 0.6 is 0 Å². The van der Waals surface area contributed by atoms with Crippen molar-refractivity contribution in [3.05, 3.63) is 0 Å². The van der Waals surface area contributed by atoms with Crippen molar-refractivity contribution in [2.24, 2.45) is 0 Å². The molecule has 0 N–H and O–H groups in total. The molecular formula is C3H7ClCoO. The first-order valence-electron chi connectivity index (χ1n) is 1.63. The van der Waals surface area contributed by atoms with E-state index in [0.29, 0.717) is 0 Å². The molecule has 0 aliphatic carbocycles. The largest absolute Gasteiger partial charge is 1.00 e. The molecule has 0 aromatic carbocycles. The van der Waals surface area contributed by atoms with Crippen LogP contribution in [0.1, 0.15) is 13.3 Å². The predicted octanol–water partition coefficient (Wildman–Crippen LogP) is -2.12. The van der Waals surface area contributed by atoms with Gasteiger partial charge in [0.05, 0.1) is 0 Å². The van der Waals surface area contributed by atoms with Crippen LogP contribution in [-0.2, 0) is 19.9 Å². The first kappa shape index (κ1) is 9.90. The summed E-state index contributed by atoms with van der Waals surface area (Å²) in [6.07, 6.45) is 1.04. The van der Waals surface area contributed by atoms with Crippen molar-refractivity contribution in [1.82, 2.24) is 0 Å². The summed E-state index contributed by atoms with van der Waals surface area (Å²) in [6, 6.07) is 0. The van der Waals surface area contributed by atoms with Crippen molar-refractivity contribution in [1.29, 1.82) is 0 Å². The summed E-state index contributed by atoms with van der Waals surface area (Å²) in [4.78, 5) is 0. The molecule has 0 bridgehead atoms. The Kier molecular flexibility index (Phi) is 15.2. The maximum Gasteiger partial charge on any atom is -1.00 e. The zero-order chi connectivity index (χ0) is 4.12. The van der Waals surface area contributed by atoms with Gasteiger partial charge in [-0.15, -0.1) is 0 Å². The van der Waals surface area contributed by atoms with E-state index < -0.39 is 0 Å². The quantitative estimate of drug-likeness (QED) is 0.441. The van der Waals surface area contributed by atoms with Crippen LogP contribution in [0.15, 0.2) is 0 Å². The second-order valence-electron chi connectivity index (χ2n) is 0.800. The van der Waals surface area contributed by atoms with Gasteiger partial charge in [0.2, 0.25) is 0 Å². The molecule has 0 saturated carbocycles. The zero-order valence-corrected chi connectivity index (χ0v) is 5.33. The van der Waals surface area contributed by atoms with E-state index in [1.807, 2.05) is 6.92 Å². The van der Waals surface area contributed by atoms with Crippen molar-refractivity contribution in [3.63, 3.8) is 0 Å². The van der Waals surface area contributed by atoms with Gasteiger partial charge in [-0.05, 0) is 0 Å². The van der Waals surface area contributed by atoms with Gasteiger partial charge in [-0.3, -0.25) is 0 Å². The van der Waals surface area contributed by atoms with Crippen molar-refractivity contribution in [2.45, 2.75) is 13.3 Å². The molecule has 0 heterocycles. The Hall–Kier alpha value is 0.756. The van der Waals surface area contributed by atoms with Crippen LogP contribution in [0.4, 0.5) is 0 Å². The van der Waals surface area contributed by atoms with Crippen LogP contribution in [0.25, 0.3) is 0 Å². The maximum atomic E-state index is 4.38. The second-order valence-corrected chi connectivity index (χ2v) is 1.10. The van der Waals surface area contributed by atoms with E-state index in [2.05, 4.69) is 19.9 Å². The van der Waals surface area contributed by atoms with Gasteiger partial charge in [-0.1, -0.05) is 0 Å². The number of hydrogen-bond donors (Lipinski definition) is 0. The zero-order valence-electron chi connectivity index (χ0n) is 3.53. The van der Waals surface area contributed by atoms with E-state index in [4.69, 9.17) is 0 Å². The Bertz CT molecular complexity index is 18.3. The van der Waals surface area contributed by atoms with Crippen molar-refractivity contribution in [2.75, 3.05) is 6.61 Å². The summed E-state index contributed by atoms with van der Waals surface area (Å²) in [7, 11) is 0. The number of halogens is 1. The van der Waals surface area contributed by atoms with Gasteiger partial charge in [0.1, 0.15) is 0 Å². The summed E-state index contributed by atoms with van der Waals surface area (Å²) in [6.45, 7) is 2.79. The van der Waals surface area contributed by atoms with Crippen LogP contribution in [-0.4, -0.2) is 6.61 Å². The third kappa shape index (κ3) is 8.83. The van der Waals surface area contributed by atoms with Crippen LogP contribution in [0.3, 0.4) is 0 Å². The molecule has 0 saturated heterocycles. The van der Waals surface area contributed by atoms with Crippen molar-refractivity contribution < 1.29 is 32.3 Å². The van der Waals surface area contributed by atoms with Gasteiger partial charge >= 0.3 is 39.9 Å². The minimum Gasteiger partial charge on any atom is -1.00 e. The smallest absolute Gasteiger partial charge is 1.00 e. The Morgan fingerprint density at radius 3 is 2.17 bits per heavy atom. The van der Waals surface area contributed by atoms with Crippen LogP contribution < -0.4 is 12.4 Å². The Labute approximate surface area is 52.8 Å². The first-order valence-corrected chi connectivity index (χ1v) is 2.06. The molecule has 0 aromatic rings. The standard InChI is InChI=1S/C3H7O.ClH.Co/c1-2-3-4;;/h2-3H2,1H3;1H;/q-1;;+2/p-1. The Morgan fingerprint density at radius 2 is 2.17 bits per heavy atom. The van der Waals surface area contributed by atoms with Gasteiger partial charge < -0.3 is 12.4 Å². The van der Waals surface area contributed by atoms with E-state index in [1.54, 1.807) is 0 Å². The number of hydrogen-bond acceptors (Lipinski definition) is 1. The minimum atomic E-state index is 0. The van der Waals surface area contributed by atoms with Crippen molar-refractivity contribution >= 4 is 0 Å². The molecule has 0 rings (SSSR count). The molecule has 0 aliphatic heterocycles. The topological polar surface area (TPSA) is 9.23 Å². The SMILES string of the molecule is CCC[O][Co+].[Cl-]. The van der Waals surface area contributed by atoms with Gasteiger partial charge in [0, 0.05) is 0 Å². The average Bonchev–Trinajstić information content (AvgIpc) is 1.41. The normalized spacial score (nSPS) is 7.00. The summed E-state index contributed by atoms with van der Waals surface area (Å²) in [5.41, 5.74) is 0. The molecule has 0 amide bonds. The summed E-state index contributed by atoms with van der Waals surface area (Å²) >= 11 is 3.54. The van der Waals surface area contributed by atoms with Gasteiger partial charge in [-0.2, -0.15) is 0 Å². The van der Waals surface area contributed by atoms with E-state index in [-0.39, 0.29) is 12.4 Å². The van der Waals surface area contributed by atoms with Crippen LogP contribution in [0.5, 0.6) is 0 Å². The number of rotatable bonds is 2. The fourth-order valence-electron chi connectivity index (χ4n) is 0.0680. The van der Waals surface area contributed by atoms with E-state index >= 15 is 0 Å². The van der Waals surface area contributed by atoms with Crippen LogP contribution in [0.2, 0.25) is 0 Å². The minimum absolute atomic E-state index is 0. The molecule has 0 atom stereocenters. The molecular weight excluding hydrogens is 146 g/mol. The molecule has 0 unspecified atom stereocenters. The molecule has 0 aromatic heterocycles. The van der Waals surface area contributed by atoms with Crippen molar-refractivity contribution in [3.8, 4) is 0 Å². The molecule has 6 heavy (non-hydrogen) atoms.